The SMILES string of the molecule is CCNC(=O)N1CCCC1c1noc(CCC(=O)N2CCCCCC2)n1. The molecule has 3 rings (SSSR count). The summed E-state index contributed by atoms with van der Waals surface area (Å²) in [5.74, 6) is 1.19. The molecule has 1 N–H and O–H groups in total. The number of amides is 3. The quantitative estimate of drug-likeness (QED) is 0.866. The van der Waals surface area contributed by atoms with Crippen molar-refractivity contribution >= 4 is 11.9 Å². The average molecular weight is 363 g/mol. The lowest BCUT2D eigenvalue weighted by Crippen LogP contribution is -2.39. The molecule has 26 heavy (non-hydrogen) atoms. The third kappa shape index (κ3) is 4.53. The predicted octanol–water partition coefficient (Wildman–Crippen LogP) is 2.27. The normalized spacial score (nSPS) is 20.9. The average Bonchev–Trinajstić information content (AvgIpc) is 3.22. The Kier molecular flexibility index (Phi) is 6.46. The van der Waals surface area contributed by atoms with Crippen LogP contribution < -0.4 is 5.32 Å². The van der Waals surface area contributed by atoms with E-state index < -0.39 is 0 Å². The zero-order valence-electron chi connectivity index (χ0n) is 15.6. The van der Waals surface area contributed by atoms with Gasteiger partial charge in [0.05, 0.1) is 6.04 Å². The van der Waals surface area contributed by atoms with Crippen molar-refractivity contribution in [1.82, 2.24) is 25.3 Å². The van der Waals surface area contributed by atoms with Gasteiger partial charge in [0, 0.05) is 39.0 Å². The number of aromatic nitrogens is 2. The van der Waals surface area contributed by atoms with Crippen LogP contribution in [0.2, 0.25) is 0 Å². The number of carbonyl (C=O) groups excluding carboxylic acids is 2. The molecule has 0 aliphatic carbocycles. The smallest absolute Gasteiger partial charge is 0.318 e. The number of nitrogens with one attached hydrogen (secondary N) is 1. The molecular weight excluding hydrogens is 334 g/mol. The minimum atomic E-state index is -0.139. The first kappa shape index (κ1) is 18.7. The third-order valence-electron chi connectivity index (χ3n) is 5.14. The van der Waals surface area contributed by atoms with Crippen LogP contribution in [0.1, 0.15) is 69.6 Å². The van der Waals surface area contributed by atoms with Gasteiger partial charge >= 0.3 is 6.03 Å². The molecular formula is C18H29N5O3. The molecule has 2 saturated heterocycles. The van der Waals surface area contributed by atoms with Crippen molar-refractivity contribution < 1.29 is 14.1 Å². The summed E-state index contributed by atoms with van der Waals surface area (Å²) in [6.45, 7) is 4.91. The Bertz CT molecular complexity index is 610. The maximum Gasteiger partial charge on any atom is 0.318 e. The second-order valence-corrected chi connectivity index (χ2v) is 7.03. The van der Waals surface area contributed by atoms with Gasteiger partial charge in [-0.25, -0.2) is 4.79 Å². The van der Waals surface area contributed by atoms with Crippen LogP contribution >= 0.6 is 0 Å². The summed E-state index contributed by atoms with van der Waals surface area (Å²) in [7, 11) is 0. The van der Waals surface area contributed by atoms with E-state index in [4.69, 9.17) is 4.52 Å². The summed E-state index contributed by atoms with van der Waals surface area (Å²) < 4.78 is 5.34. The Morgan fingerprint density at radius 2 is 1.92 bits per heavy atom. The first-order valence-electron chi connectivity index (χ1n) is 9.83. The van der Waals surface area contributed by atoms with Crippen LogP contribution in [0, 0.1) is 0 Å². The maximum absolute atomic E-state index is 12.4. The lowest BCUT2D eigenvalue weighted by atomic mass is 10.2. The summed E-state index contributed by atoms with van der Waals surface area (Å²) in [4.78, 5) is 32.7. The largest absolute Gasteiger partial charge is 0.343 e. The van der Waals surface area contributed by atoms with E-state index in [0.29, 0.717) is 37.6 Å². The molecule has 2 aliphatic rings. The number of urea groups is 1. The highest BCUT2D eigenvalue weighted by Crippen LogP contribution is 2.30. The standard InChI is InChI=1S/C18H29N5O3/c1-2-19-18(25)23-13-7-8-14(23)17-20-15(26-21-17)9-10-16(24)22-11-5-3-4-6-12-22/h14H,2-13H2,1H3,(H,19,25). The first-order valence-corrected chi connectivity index (χ1v) is 9.83. The van der Waals surface area contributed by atoms with E-state index in [-0.39, 0.29) is 18.0 Å². The molecule has 8 nitrogen and oxygen atoms in total. The van der Waals surface area contributed by atoms with Crippen LogP contribution in [-0.4, -0.2) is 58.1 Å². The predicted molar refractivity (Wildman–Crippen MR) is 95.4 cm³/mol. The van der Waals surface area contributed by atoms with E-state index in [1.807, 2.05) is 11.8 Å². The van der Waals surface area contributed by atoms with E-state index in [1.165, 1.54) is 12.8 Å². The number of likely N-dealkylation sites (tertiary alicyclic amines) is 2. The second-order valence-electron chi connectivity index (χ2n) is 7.03. The van der Waals surface area contributed by atoms with Crippen LogP contribution in [0.3, 0.4) is 0 Å². The molecule has 2 fully saturated rings. The third-order valence-corrected chi connectivity index (χ3v) is 5.14. The Balaban J connectivity index is 1.54. The van der Waals surface area contributed by atoms with Gasteiger partial charge in [-0.1, -0.05) is 18.0 Å². The number of nitrogens with zero attached hydrogens (tertiary/aromatic N) is 4. The van der Waals surface area contributed by atoms with E-state index in [1.54, 1.807) is 4.90 Å². The van der Waals surface area contributed by atoms with Crippen LogP contribution in [0.4, 0.5) is 4.79 Å². The number of carbonyl (C=O) groups is 2. The molecule has 1 aromatic rings. The van der Waals surface area contributed by atoms with Crippen molar-refractivity contribution in [3.8, 4) is 0 Å². The molecule has 0 saturated carbocycles. The van der Waals surface area contributed by atoms with Crippen molar-refractivity contribution in [2.45, 2.75) is 64.3 Å². The summed E-state index contributed by atoms with van der Waals surface area (Å²) in [5, 5.41) is 6.89. The minimum Gasteiger partial charge on any atom is -0.343 e. The van der Waals surface area contributed by atoms with Crippen LogP contribution in [0.25, 0.3) is 0 Å². The highest BCUT2D eigenvalue weighted by molar-refractivity contribution is 5.76. The van der Waals surface area contributed by atoms with Gasteiger partial charge in [0.25, 0.3) is 0 Å². The fraction of sp³-hybridized carbons (Fsp3) is 0.778. The maximum atomic E-state index is 12.4. The summed E-state index contributed by atoms with van der Waals surface area (Å²) in [6, 6.07) is -0.224. The number of hydrogen-bond acceptors (Lipinski definition) is 5. The van der Waals surface area contributed by atoms with E-state index in [9.17, 15) is 9.59 Å². The molecule has 1 aromatic heterocycles. The van der Waals surface area contributed by atoms with Gasteiger partial charge in [-0.2, -0.15) is 4.98 Å². The number of aryl methyl sites for hydroxylation is 1. The van der Waals surface area contributed by atoms with Crippen LogP contribution in [0.5, 0.6) is 0 Å². The Morgan fingerprint density at radius 1 is 1.15 bits per heavy atom. The van der Waals surface area contributed by atoms with Crippen molar-refractivity contribution in [3.63, 3.8) is 0 Å². The summed E-state index contributed by atoms with van der Waals surface area (Å²) in [6.07, 6.45) is 7.21. The number of hydrogen-bond donors (Lipinski definition) is 1. The highest BCUT2D eigenvalue weighted by Gasteiger charge is 2.33. The van der Waals surface area contributed by atoms with Crippen molar-refractivity contribution in [1.29, 1.82) is 0 Å². The zero-order chi connectivity index (χ0) is 18.4. The van der Waals surface area contributed by atoms with Crippen molar-refractivity contribution in [2.75, 3.05) is 26.2 Å². The Labute approximate surface area is 154 Å². The molecule has 2 aliphatic heterocycles. The molecule has 3 heterocycles. The van der Waals surface area contributed by atoms with Crippen LogP contribution in [0.15, 0.2) is 4.52 Å². The Hall–Kier alpha value is -2.12. The molecule has 144 valence electrons. The molecule has 0 spiro atoms. The fourth-order valence-corrected chi connectivity index (χ4v) is 3.73. The summed E-state index contributed by atoms with van der Waals surface area (Å²) in [5.41, 5.74) is 0. The highest BCUT2D eigenvalue weighted by atomic mass is 16.5. The van der Waals surface area contributed by atoms with Gasteiger partial charge in [-0.15, -0.1) is 0 Å². The first-order chi connectivity index (χ1) is 12.7. The second kappa shape index (κ2) is 9.00. The van der Waals surface area contributed by atoms with Crippen molar-refractivity contribution in [3.05, 3.63) is 11.7 Å². The molecule has 0 bridgehead atoms. The van der Waals surface area contributed by atoms with Crippen molar-refractivity contribution in [2.24, 2.45) is 0 Å². The molecule has 1 atom stereocenters. The number of rotatable bonds is 5. The molecule has 3 amide bonds. The van der Waals surface area contributed by atoms with Gasteiger partial charge in [-0.3, -0.25) is 4.79 Å². The lowest BCUT2D eigenvalue weighted by Gasteiger charge is -2.22. The van der Waals surface area contributed by atoms with Crippen LogP contribution in [-0.2, 0) is 11.2 Å². The van der Waals surface area contributed by atoms with Gasteiger partial charge in [0.1, 0.15) is 0 Å². The van der Waals surface area contributed by atoms with E-state index in [0.717, 1.165) is 38.8 Å². The Morgan fingerprint density at radius 3 is 2.65 bits per heavy atom. The topological polar surface area (TPSA) is 91.6 Å². The monoisotopic (exact) mass is 363 g/mol. The van der Waals surface area contributed by atoms with Gasteiger partial charge in [0.2, 0.25) is 11.8 Å². The molecule has 1 unspecified atom stereocenters. The van der Waals surface area contributed by atoms with E-state index >= 15 is 0 Å². The minimum absolute atomic E-state index is 0.0855. The molecule has 8 heteroatoms. The van der Waals surface area contributed by atoms with Gasteiger partial charge in [0.15, 0.2) is 5.82 Å². The van der Waals surface area contributed by atoms with E-state index in [2.05, 4.69) is 15.5 Å². The van der Waals surface area contributed by atoms with Gasteiger partial charge < -0.3 is 19.6 Å². The zero-order valence-corrected chi connectivity index (χ0v) is 15.6. The fourth-order valence-electron chi connectivity index (χ4n) is 3.73. The molecule has 0 radical (unpaired) electrons. The lowest BCUT2D eigenvalue weighted by molar-refractivity contribution is -0.131. The molecule has 0 aromatic carbocycles. The van der Waals surface area contributed by atoms with Gasteiger partial charge in [-0.05, 0) is 32.6 Å². The summed E-state index contributed by atoms with van der Waals surface area (Å²) >= 11 is 0.